The lowest BCUT2D eigenvalue weighted by Gasteiger charge is -2.34. The first-order valence-electron chi connectivity index (χ1n) is 7.99. The Kier molecular flexibility index (Phi) is 5.96. The normalized spacial score (nSPS) is 21.6. The maximum absolute atomic E-state index is 13.7. The lowest BCUT2D eigenvalue weighted by Crippen LogP contribution is -2.49. The number of aliphatic hydroxyl groups excluding tert-OH is 1. The third-order valence-corrected chi connectivity index (χ3v) is 4.25. The van der Waals surface area contributed by atoms with Gasteiger partial charge >= 0.3 is 6.03 Å². The minimum atomic E-state index is -0.466. The van der Waals surface area contributed by atoms with Gasteiger partial charge in [0.15, 0.2) is 0 Å². The Bertz CT molecular complexity index is 551. The van der Waals surface area contributed by atoms with Crippen LogP contribution in [0.5, 0.6) is 0 Å². The van der Waals surface area contributed by atoms with Gasteiger partial charge in [-0.25, -0.2) is 9.18 Å². The molecule has 2 N–H and O–H groups in total. The van der Waals surface area contributed by atoms with Crippen LogP contribution >= 0.6 is 0 Å². The minimum Gasteiger partial charge on any atom is -0.391 e. The first kappa shape index (κ1) is 17.7. The molecular weight excluding hydrogens is 297 g/mol. The lowest BCUT2D eigenvalue weighted by atomic mass is 9.96. The summed E-state index contributed by atoms with van der Waals surface area (Å²) >= 11 is 0. The number of amides is 2. The molecule has 0 aromatic heterocycles. The highest BCUT2D eigenvalue weighted by molar-refractivity contribution is 5.74. The highest BCUT2D eigenvalue weighted by Gasteiger charge is 2.27. The molecule has 2 unspecified atom stereocenters. The first-order chi connectivity index (χ1) is 10.9. The molecule has 5 nitrogen and oxygen atoms in total. The zero-order valence-corrected chi connectivity index (χ0v) is 14.1. The molecule has 1 fully saturated rings. The number of nitrogens with zero attached hydrogens (tertiary/aromatic N) is 2. The Morgan fingerprint density at radius 2 is 2.22 bits per heavy atom. The molecule has 0 radical (unpaired) electrons. The van der Waals surface area contributed by atoms with Crippen molar-refractivity contribution in [2.45, 2.75) is 32.5 Å². The van der Waals surface area contributed by atoms with E-state index in [-0.39, 0.29) is 17.8 Å². The average Bonchev–Trinajstić information content (AvgIpc) is 2.50. The van der Waals surface area contributed by atoms with E-state index in [1.165, 1.54) is 6.07 Å². The SMILES string of the molecule is CC1CCN(C(=O)NCc2ccc(F)c(CN(C)C)c2)CC1O. The molecule has 0 spiro atoms. The number of nitrogens with one attached hydrogen (secondary N) is 1. The molecule has 6 heteroatoms. The Hall–Kier alpha value is -1.66. The van der Waals surface area contributed by atoms with E-state index < -0.39 is 6.10 Å². The molecule has 2 rings (SSSR count). The molecule has 1 aromatic carbocycles. The van der Waals surface area contributed by atoms with Crippen LogP contribution in [-0.4, -0.2) is 54.2 Å². The van der Waals surface area contributed by atoms with Crippen molar-refractivity contribution in [2.24, 2.45) is 5.92 Å². The zero-order valence-electron chi connectivity index (χ0n) is 14.1. The molecule has 2 amide bonds. The fourth-order valence-corrected chi connectivity index (χ4v) is 2.72. The minimum absolute atomic E-state index is 0.186. The van der Waals surface area contributed by atoms with E-state index in [0.29, 0.717) is 31.7 Å². The molecule has 1 aliphatic heterocycles. The fourth-order valence-electron chi connectivity index (χ4n) is 2.72. The van der Waals surface area contributed by atoms with Crippen LogP contribution in [0.15, 0.2) is 18.2 Å². The molecule has 0 aliphatic carbocycles. The van der Waals surface area contributed by atoms with Crippen LogP contribution in [0, 0.1) is 11.7 Å². The Labute approximate surface area is 137 Å². The lowest BCUT2D eigenvalue weighted by molar-refractivity contribution is 0.0435. The molecule has 23 heavy (non-hydrogen) atoms. The molecule has 0 bridgehead atoms. The highest BCUT2D eigenvalue weighted by atomic mass is 19.1. The number of piperidine rings is 1. The van der Waals surface area contributed by atoms with Crippen molar-refractivity contribution >= 4 is 6.03 Å². The van der Waals surface area contributed by atoms with E-state index in [1.54, 1.807) is 17.0 Å². The van der Waals surface area contributed by atoms with E-state index in [1.807, 2.05) is 25.9 Å². The number of carbonyl (C=O) groups is 1. The van der Waals surface area contributed by atoms with Gasteiger partial charge in [0.2, 0.25) is 0 Å². The van der Waals surface area contributed by atoms with Crippen LogP contribution in [0.4, 0.5) is 9.18 Å². The van der Waals surface area contributed by atoms with Crippen molar-refractivity contribution in [3.05, 3.63) is 35.1 Å². The topological polar surface area (TPSA) is 55.8 Å². The summed E-state index contributed by atoms with van der Waals surface area (Å²) in [5.41, 5.74) is 1.48. The number of halogens is 1. The van der Waals surface area contributed by atoms with E-state index >= 15 is 0 Å². The van der Waals surface area contributed by atoms with Crippen LogP contribution in [0.3, 0.4) is 0 Å². The van der Waals surface area contributed by atoms with Gasteiger partial charge in [0, 0.05) is 31.7 Å². The summed E-state index contributed by atoms with van der Waals surface area (Å²) in [5.74, 6) is -0.00772. The number of benzene rings is 1. The number of likely N-dealkylation sites (tertiary alicyclic amines) is 1. The van der Waals surface area contributed by atoms with Gasteiger partial charge in [-0.1, -0.05) is 13.0 Å². The Balaban J connectivity index is 1.91. The summed E-state index contributed by atoms with van der Waals surface area (Å²) in [7, 11) is 3.77. The second kappa shape index (κ2) is 7.75. The van der Waals surface area contributed by atoms with Crippen LogP contribution < -0.4 is 5.32 Å². The van der Waals surface area contributed by atoms with Gasteiger partial charge in [-0.3, -0.25) is 0 Å². The van der Waals surface area contributed by atoms with Crippen molar-refractivity contribution < 1.29 is 14.3 Å². The Morgan fingerprint density at radius 1 is 1.48 bits per heavy atom. The number of hydrogen-bond donors (Lipinski definition) is 2. The maximum atomic E-state index is 13.7. The van der Waals surface area contributed by atoms with Gasteiger partial charge in [-0.05, 0) is 44.1 Å². The van der Waals surface area contributed by atoms with Crippen LogP contribution in [0.25, 0.3) is 0 Å². The largest absolute Gasteiger partial charge is 0.391 e. The van der Waals surface area contributed by atoms with Crippen molar-refractivity contribution in [1.82, 2.24) is 15.1 Å². The van der Waals surface area contributed by atoms with Crippen molar-refractivity contribution in [3.63, 3.8) is 0 Å². The van der Waals surface area contributed by atoms with E-state index in [2.05, 4.69) is 5.32 Å². The second-order valence-corrected chi connectivity index (χ2v) is 6.60. The quantitative estimate of drug-likeness (QED) is 0.888. The number of hydrogen-bond acceptors (Lipinski definition) is 3. The molecule has 128 valence electrons. The molecule has 2 atom stereocenters. The van der Waals surface area contributed by atoms with Gasteiger partial charge in [-0.2, -0.15) is 0 Å². The van der Waals surface area contributed by atoms with Crippen molar-refractivity contribution in [3.8, 4) is 0 Å². The highest BCUT2D eigenvalue weighted by Crippen LogP contribution is 2.17. The summed E-state index contributed by atoms with van der Waals surface area (Å²) in [6.45, 7) is 3.87. The first-order valence-corrected chi connectivity index (χ1v) is 7.99. The molecular formula is C17H26FN3O2. The number of carbonyl (C=O) groups excluding carboxylic acids is 1. The van der Waals surface area contributed by atoms with E-state index in [4.69, 9.17) is 0 Å². The van der Waals surface area contributed by atoms with Gasteiger partial charge in [-0.15, -0.1) is 0 Å². The number of β-amino-alcohol motifs (C(OH)–C–C–N with tert-alkyl or cyclic N) is 1. The molecule has 0 saturated carbocycles. The van der Waals surface area contributed by atoms with Crippen LogP contribution in [-0.2, 0) is 13.1 Å². The van der Waals surface area contributed by atoms with Gasteiger partial charge in [0.1, 0.15) is 5.82 Å². The summed E-state index contributed by atoms with van der Waals surface area (Å²) in [4.78, 5) is 15.7. The third kappa shape index (κ3) is 4.91. The maximum Gasteiger partial charge on any atom is 0.317 e. The van der Waals surface area contributed by atoms with Gasteiger partial charge in [0.05, 0.1) is 6.10 Å². The predicted molar refractivity (Wildman–Crippen MR) is 87.4 cm³/mol. The molecule has 1 aliphatic rings. The molecule has 1 aromatic rings. The summed E-state index contributed by atoms with van der Waals surface area (Å²) < 4.78 is 13.7. The standard InChI is InChI=1S/C17H26FN3O2/c1-12-6-7-21(11-16(12)22)17(23)19-9-13-4-5-15(18)14(8-13)10-20(2)3/h4-5,8,12,16,22H,6-7,9-11H2,1-3H3,(H,19,23). The fraction of sp³-hybridized carbons (Fsp3) is 0.588. The van der Waals surface area contributed by atoms with Crippen molar-refractivity contribution in [2.75, 3.05) is 27.2 Å². The Morgan fingerprint density at radius 3 is 2.87 bits per heavy atom. The predicted octanol–water partition coefficient (Wildman–Crippen LogP) is 1.80. The monoisotopic (exact) mass is 323 g/mol. The smallest absolute Gasteiger partial charge is 0.317 e. The zero-order chi connectivity index (χ0) is 17.0. The molecule has 1 saturated heterocycles. The van der Waals surface area contributed by atoms with E-state index in [0.717, 1.165) is 12.0 Å². The van der Waals surface area contributed by atoms with Crippen LogP contribution in [0.2, 0.25) is 0 Å². The summed E-state index contributed by atoms with van der Waals surface area (Å²) in [5, 5.41) is 12.7. The number of urea groups is 1. The second-order valence-electron chi connectivity index (χ2n) is 6.60. The van der Waals surface area contributed by atoms with Crippen molar-refractivity contribution in [1.29, 1.82) is 0 Å². The summed E-state index contributed by atoms with van der Waals surface area (Å²) in [6.07, 6.45) is 0.338. The summed E-state index contributed by atoms with van der Waals surface area (Å²) in [6, 6.07) is 4.71. The number of aliphatic hydroxyl groups is 1. The number of rotatable bonds is 4. The van der Waals surface area contributed by atoms with Crippen LogP contribution in [0.1, 0.15) is 24.5 Å². The van der Waals surface area contributed by atoms with E-state index in [9.17, 15) is 14.3 Å². The van der Waals surface area contributed by atoms with Gasteiger partial charge < -0.3 is 20.2 Å². The van der Waals surface area contributed by atoms with Gasteiger partial charge in [0.25, 0.3) is 0 Å². The third-order valence-electron chi connectivity index (χ3n) is 4.25. The molecule has 1 heterocycles. The average molecular weight is 323 g/mol.